The van der Waals surface area contributed by atoms with Gasteiger partial charge < -0.3 is 14.2 Å². The highest BCUT2D eigenvalue weighted by Crippen LogP contribution is 2.23. The van der Waals surface area contributed by atoms with Gasteiger partial charge in [0.2, 0.25) is 5.79 Å². The van der Waals surface area contributed by atoms with Crippen LogP contribution in [0.15, 0.2) is 11.8 Å². The second kappa shape index (κ2) is 4.33. The van der Waals surface area contributed by atoms with Gasteiger partial charge in [-0.25, -0.2) is 4.79 Å². The second-order valence-corrected chi connectivity index (χ2v) is 3.52. The van der Waals surface area contributed by atoms with Gasteiger partial charge >= 0.3 is 11.9 Å². The molecule has 0 aromatic heterocycles. The van der Waals surface area contributed by atoms with Crippen molar-refractivity contribution in [1.82, 2.24) is 0 Å². The molecule has 0 aliphatic carbocycles. The zero-order valence-electron chi connectivity index (χ0n) is 9.03. The molecule has 1 aliphatic heterocycles. The van der Waals surface area contributed by atoms with Crippen LogP contribution in [0.1, 0.15) is 27.2 Å². The van der Waals surface area contributed by atoms with Gasteiger partial charge in [-0.15, -0.1) is 0 Å². The van der Waals surface area contributed by atoms with E-state index < -0.39 is 17.7 Å². The number of hydrogen-bond donors (Lipinski definition) is 0. The lowest BCUT2D eigenvalue weighted by molar-refractivity contribution is -0.206. The van der Waals surface area contributed by atoms with Crippen LogP contribution in [0.3, 0.4) is 0 Å². The van der Waals surface area contributed by atoms with E-state index in [1.807, 2.05) is 0 Å². The molecule has 0 unspecified atom stereocenters. The average Bonchev–Trinajstić information content (AvgIpc) is 1.99. The van der Waals surface area contributed by atoms with Gasteiger partial charge in [0, 0.05) is 13.8 Å². The fraction of sp³-hybridized carbons (Fsp3) is 0.600. The van der Waals surface area contributed by atoms with Crippen LogP contribution in [0.2, 0.25) is 0 Å². The molecule has 0 radical (unpaired) electrons. The van der Waals surface area contributed by atoms with E-state index in [0.29, 0.717) is 6.61 Å². The maximum absolute atomic E-state index is 11.1. The summed E-state index contributed by atoms with van der Waals surface area (Å²) in [6, 6.07) is 0. The molecule has 0 fully saturated rings. The zero-order valence-corrected chi connectivity index (χ0v) is 9.03. The van der Waals surface area contributed by atoms with Crippen molar-refractivity contribution in [2.24, 2.45) is 0 Å². The summed E-state index contributed by atoms with van der Waals surface area (Å²) in [6.07, 6.45) is 1.11. The third kappa shape index (κ3) is 3.61. The van der Waals surface area contributed by atoms with Crippen LogP contribution in [-0.4, -0.2) is 24.3 Å². The average molecular weight is 214 g/mol. The molecule has 0 aromatic rings. The summed E-state index contributed by atoms with van der Waals surface area (Å²) < 4.78 is 14.9. The lowest BCUT2D eigenvalue weighted by Crippen LogP contribution is -2.34. The Balaban J connectivity index is 2.62. The number of carbonyl (C=O) groups excluding carboxylic acids is 2. The molecular weight excluding hydrogens is 200 g/mol. The van der Waals surface area contributed by atoms with Gasteiger partial charge in [0.05, 0.1) is 12.7 Å². The quantitative estimate of drug-likeness (QED) is 0.659. The maximum Gasteiger partial charge on any atom is 0.337 e. The summed E-state index contributed by atoms with van der Waals surface area (Å²) in [5, 5.41) is 0. The van der Waals surface area contributed by atoms with E-state index in [0.717, 1.165) is 6.08 Å². The normalized spacial score (nSPS) is 18.6. The molecule has 0 atom stereocenters. The van der Waals surface area contributed by atoms with E-state index in [4.69, 9.17) is 14.2 Å². The minimum Gasteiger partial charge on any atom is -0.466 e. The van der Waals surface area contributed by atoms with E-state index in [1.165, 1.54) is 0 Å². The number of rotatable bonds is 3. The first-order valence-corrected chi connectivity index (χ1v) is 4.71. The van der Waals surface area contributed by atoms with Gasteiger partial charge in [0.15, 0.2) is 0 Å². The van der Waals surface area contributed by atoms with Crippen LogP contribution < -0.4 is 0 Å². The molecule has 15 heavy (non-hydrogen) atoms. The van der Waals surface area contributed by atoms with Crippen molar-refractivity contribution in [2.45, 2.75) is 33.0 Å². The highest BCUT2D eigenvalue weighted by molar-refractivity contribution is 5.85. The number of hydrogen-bond acceptors (Lipinski definition) is 5. The van der Waals surface area contributed by atoms with E-state index in [9.17, 15) is 9.59 Å². The predicted molar refractivity (Wildman–Crippen MR) is 50.6 cm³/mol. The number of ether oxygens (including phenoxy) is 3. The molecule has 5 heteroatoms. The summed E-state index contributed by atoms with van der Waals surface area (Å²) in [5.74, 6) is -1.68. The van der Waals surface area contributed by atoms with Crippen LogP contribution >= 0.6 is 0 Å². The summed E-state index contributed by atoms with van der Waals surface area (Å²) in [7, 11) is 0. The molecule has 84 valence electrons. The summed E-state index contributed by atoms with van der Waals surface area (Å²) >= 11 is 0. The van der Waals surface area contributed by atoms with Gasteiger partial charge in [0.1, 0.15) is 12.2 Å². The van der Waals surface area contributed by atoms with E-state index in [2.05, 4.69) is 0 Å². The summed E-state index contributed by atoms with van der Waals surface area (Å²) in [5.41, 5.74) is 0. The van der Waals surface area contributed by atoms with Crippen LogP contribution in [0.25, 0.3) is 0 Å². The van der Waals surface area contributed by atoms with E-state index in [-0.39, 0.29) is 12.2 Å². The zero-order chi connectivity index (χ0) is 11.5. The molecule has 0 bridgehead atoms. The lowest BCUT2D eigenvalue weighted by atomic mass is 10.2. The standard InChI is InChI=1S/C10H14O5/c1-4-13-8(11)5-7-6-9(12)15-10(2,3)14-7/h6H,4-5H2,1-3H3. The Bertz CT molecular complexity index is 303. The Morgan fingerprint density at radius 2 is 2.13 bits per heavy atom. The lowest BCUT2D eigenvalue weighted by Gasteiger charge is -2.30. The van der Waals surface area contributed by atoms with Gasteiger partial charge in [-0.05, 0) is 6.92 Å². The van der Waals surface area contributed by atoms with Crippen LogP contribution in [0.4, 0.5) is 0 Å². The van der Waals surface area contributed by atoms with E-state index in [1.54, 1.807) is 20.8 Å². The number of cyclic esters (lactones) is 1. The molecule has 1 aliphatic rings. The Kier molecular flexibility index (Phi) is 3.34. The third-order valence-electron chi connectivity index (χ3n) is 1.63. The van der Waals surface area contributed by atoms with Crippen molar-refractivity contribution in [2.75, 3.05) is 6.61 Å². The van der Waals surface area contributed by atoms with Crippen LogP contribution in [0.5, 0.6) is 0 Å². The van der Waals surface area contributed by atoms with Crippen molar-refractivity contribution in [3.05, 3.63) is 11.8 Å². The molecule has 1 heterocycles. The monoisotopic (exact) mass is 214 g/mol. The molecule has 0 amide bonds. The fourth-order valence-corrected chi connectivity index (χ4v) is 1.21. The SMILES string of the molecule is CCOC(=O)CC1=CC(=O)OC(C)(C)O1. The first kappa shape index (κ1) is 11.6. The predicted octanol–water partition coefficient (Wildman–Crippen LogP) is 1.13. The van der Waals surface area contributed by atoms with E-state index >= 15 is 0 Å². The van der Waals surface area contributed by atoms with Crippen molar-refractivity contribution in [3.63, 3.8) is 0 Å². The van der Waals surface area contributed by atoms with Gasteiger partial charge in [-0.1, -0.05) is 0 Å². The Hall–Kier alpha value is -1.52. The van der Waals surface area contributed by atoms with Crippen LogP contribution in [0, 0.1) is 0 Å². The molecule has 1 rings (SSSR count). The Morgan fingerprint density at radius 3 is 2.67 bits per heavy atom. The van der Waals surface area contributed by atoms with Gasteiger partial charge in [0.25, 0.3) is 0 Å². The molecule has 5 nitrogen and oxygen atoms in total. The first-order valence-electron chi connectivity index (χ1n) is 4.71. The molecule has 0 spiro atoms. The minimum atomic E-state index is -1.02. The third-order valence-corrected chi connectivity index (χ3v) is 1.63. The molecule has 0 saturated heterocycles. The van der Waals surface area contributed by atoms with Crippen LogP contribution in [-0.2, 0) is 23.8 Å². The van der Waals surface area contributed by atoms with Gasteiger partial charge in [-0.2, -0.15) is 0 Å². The molecular formula is C10H14O5. The fourth-order valence-electron chi connectivity index (χ4n) is 1.21. The smallest absolute Gasteiger partial charge is 0.337 e. The number of carbonyl (C=O) groups is 2. The number of esters is 2. The Labute approximate surface area is 88.0 Å². The van der Waals surface area contributed by atoms with Crippen molar-refractivity contribution < 1.29 is 23.8 Å². The maximum atomic E-state index is 11.1. The summed E-state index contributed by atoms with van der Waals surface area (Å²) in [4.78, 5) is 22.2. The highest BCUT2D eigenvalue weighted by Gasteiger charge is 2.30. The summed E-state index contributed by atoms with van der Waals surface area (Å²) in [6.45, 7) is 5.22. The second-order valence-electron chi connectivity index (χ2n) is 3.52. The minimum absolute atomic E-state index is 0.0492. The topological polar surface area (TPSA) is 61.8 Å². The van der Waals surface area contributed by atoms with Gasteiger partial charge in [-0.3, -0.25) is 4.79 Å². The van der Waals surface area contributed by atoms with Crippen molar-refractivity contribution >= 4 is 11.9 Å². The van der Waals surface area contributed by atoms with Crippen molar-refractivity contribution in [1.29, 1.82) is 0 Å². The first-order chi connectivity index (χ1) is 6.93. The largest absolute Gasteiger partial charge is 0.466 e. The molecule has 0 aromatic carbocycles. The molecule has 0 saturated carbocycles. The highest BCUT2D eigenvalue weighted by atomic mass is 16.7. The Morgan fingerprint density at radius 1 is 1.47 bits per heavy atom. The van der Waals surface area contributed by atoms with Crippen molar-refractivity contribution in [3.8, 4) is 0 Å². The molecule has 0 N–H and O–H groups in total.